The van der Waals surface area contributed by atoms with Gasteiger partial charge in [0.25, 0.3) is 0 Å². The molecule has 112 valence electrons. The van der Waals surface area contributed by atoms with Crippen molar-refractivity contribution < 1.29 is 4.39 Å². The molecule has 1 N–H and O–H groups in total. The van der Waals surface area contributed by atoms with Crippen LogP contribution in [0.4, 0.5) is 4.39 Å². The van der Waals surface area contributed by atoms with E-state index < -0.39 is 0 Å². The van der Waals surface area contributed by atoms with Crippen LogP contribution in [-0.4, -0.2) is 6.54 Å². The first-order chi connectivity index (χ1) is 10.0. The van der Waals surface area contributed by atoms with E-state index in [9.17, 15) is 4.39 Å². The predicted molar refractivity (Wildman–Crippen MR) is 98.4 cm³/mol. The van der Waals surface area contributed by atoms with Crippen LogP contribution in [0.25, 0.3) is 0 Å². The first kappa shape index (κ1) is 17.2. The molecular weight excluding hydrogens is 467 g/mol. The van der Waals surface area contributed by atoms with E-state index in [1.807, 2.05) is 18.2 Å². The van der Waals surface area contributed by atoms with Gasteiger partial charge in [-0.2, -0.15) is 0 Å². The van der Waals surface area contributed by atoms with Crippen molar-refractivity contribution >= 4 is 50.1 Å². The van der Waals surface area contributed by atoms with E-state index >= 15 is 0 Å². The van der Waals surface area contributed by atoms with Crippen molar-refractivity contribution in [2.45, 2.75) is 19.4 Å². The van der Waals surface area contributed by atoms with E-state index in [0.29, 0.717) is 11.4 Å². The molecule has 2 aromatic carbocycles. The quantitative estimate of drug-likeness (QED) is 0.536. The third-order valence-electron chi connectivity index (χ3n) is 3.22. The van der Waals surface area contributed by atoms with E-state index in [4.69, 9.17) is 11.6 Å². The van der Waals surface area contributed by atoms with Crippen molar-refractivity contribution in [3.8, 4) is 0 Å². The van der Waals surface area contributed by atoms with Crippen molar-refractivity contribution in [2.24, 2.45) is 0 Å². The molecule has 0 aromatic heterocycles. The normalized spacial score (nSPS) is 12.4. The SMILES string of the molecule is CCNC(Cc1cc(F)ccc1Br)c1cc(Cl)ccc1I. The predicted octanol–water partition coefficient (Wildman–Crippen LogP) is 5.74. The standard InChI is InChI=1S/C16H15BrClFIN/c1-2-21-16(13-9-11(18)3-6-15(13)20)8-10-7-12(19)4-5-14(10)17/h3-7,9,16,21H,2,8H2,1H3. The van der Waals surface area contributed by atoms with Crippen molar-refractivity contribution in [3.05, 3.63) is 66.4 Å². The van der Waals surface area contributed by atoms with Gasteiger partial charge in [-0.05, 0) is 83.1 Å². The van der Waals surface area contributed by atoms with Crippen molar-refractivity contribution in [1.82, 2.24) is 5.32 Å². The molecule has 2 aromatic rings. The number of benzene rings is 2. The molecule has 1 atom stereocenters. The number of halogens is 4. The highest BCUT2D eigenvalue weighted by Crippen LogP contribution is 2.29. The van der Waals surface area contributed by atoms with Crippen LogP contribution in [-0.2, 0) is 6.42 Å². The number of likely N-dealkylation sites (N-methyl/N-ethyl adjacent to an activating group) is 1. The summed E-state index contributed by atoms with van der Waals surface area (Å²) in [7, 11) is 0. The molecule has 0 bridgehead atoms. The summed E-state index contributed by atoms with van der Waals surface area (Å²) in [5.41, 5.74) is 2.08. The van der Waals surface area contributed by atoms with Gasteiger partial charge in [0, 0.05) is 19.1 Å². The van der Waals surface area contributed by atoms with Crippen molar-refractivity contribution in [1.29, 1.82) is 0 Å². The fraction of sp³-hybridized carbons (Fsp3) is 0.250. The van der Waals surface area contributed by atoms with E-state index in [0.717, 1.165) is 25.7 Å². The second kappa shape index (κ2) is 7.90. The molecule has 0 radical (unpaired) electrons. The third-order valence-corrected chi connectivity index (χ3v) is 5.21. The van der Waals surface area contributed by atoms with Crippen LogP contribution in [0.15, 0.2) is 40.9 Å². The Kier molecular flexibility index (Phi) is 6.47. The smallest absolute Gasteiger partial charge is 0.123 e. The van der Waals surface area contributed by atoms with Gasteiger partial charge in [0.05, 0.1) is 0 Å². The average molecular weight is 483 g/mol. The summed E-state index contributed by atoms with van der Waals surface area (Å²) in [5.74, 6) is -0.218. The molecule has 0 saturated carbocycles. The Hall–Kier alpha value is -0.170. The zero-order valence-electron chi connectivity index (χ0n) is 11.5. The number of rotatable bonds is 5. The van der Waals surface area contributed by atoms with Crippen LogP contribution >= 0.6 is 50.1 Å². The summed E-state index contributed by atoms with van der Waals surface area (Å²) < 4.78 is 15.5. The van der Waals surface area contributed by atoms with Crippen LogP contribution in [0.5, 0.6) is 0 Å². The third kappa shape index (κ3) is 4.65. The second-order valence-electron chi connectivity index (χ2n) is 4.72. The highest BCUT2D eigenvalue weighted by Gasteiger charge is 2.16. The number of hydrogen-bond donors (Lipinski definition) is 1. The van der Waals surface area contributed by atoms with Crippen molar-refractivity contribution in [3.63, 3.8) is 0 Å². The summed E-state index contributed by atoms with van der Waals surface area (Å²) in [5, 5.41) is 4.17. The Morgan fingerprint density at radius 1 is 1.29 bits per heavy atom. The second-order valence-corrected chi connectivity index (χ2v) is 7.17. The molecule has 0 amide bonds. The fourth-order valence-corrected chi connectivity index (χ4v) is 3.54. The first-order valence-electron chi connectivity index (χ1n) is 6.63. The fourth-order valence-electron chi connectivity index (χ4n) is 2.24. The summed E-state index contributed by atoms with van der Waals surface area (Å²) >= 11 is 11.9. The molecule has 0 aliphatic carbocycles. The zero-order valence-corrected chi connectivity index (χ0v) is 16.0. The number of hydrogen-bond acceptors (Lipinski definition) is 1. The van der Waals surface area contributed by atoms with Crippen LogP contribution in [0.3, 0.4) is 0 Å². The molecule has 0 aliphatic rings. The Morgan fingerprint density at radius 3 is 2.76 bits per heavy atom. The van der Waals surface area contributed by atoms with E-state index in [1.165, 1.54) is 6.07 Å². The maximum absolute atomic E-state index is 13.5. The van der Waals surface area contributed by atoms with Gasteiger partial charge in [-0.25, -0.2) is 4.39 Å². The molecule has 0 spiro atoms. The summed E-state index contributed by atoms with van der Waals surface area (Å²) in [4.78, 5) is 0. The Bertz CT molecular complexity index is 636. The van der Waals surface area contributed by atoms with Gasteiger partial charge >= 0.3 is 0 Å². The molecule has 21 heavy (non-hydrogen) atoms. The lowest BCUT2D eigenvalue weighted by Gasteiger charge is -2.21. The molecule has 0 saturated heterocycles. The van der Waals surface area contributed by atoms with Gasteiger partial charge in [0.1, 0.15) is 5.82 Å². The molecule has 5 heteroatoms. The molecule has 0 heterocycles. The van der Waals surface area contributed by atoms with Gasteiger partial charge in [-0.1, -0.05) is 34.5 Å². The van der Waals surface area contributed by atoms with Crippen LogP contribution in [0.2, 0.25) is 5.02 Å². The Labute approximate surface area is 151 Å². The zero-order chi connectivity index (χ0) is 15.4. The molecule has 0 aliphatic heterocycles. The van der Waals surface area contributed by atoms with Gasteiger partial charge in [-0.15, -0.1) is 0 Å². The van der Waals surface area contributed by atoms with Gasteiger partial charge < -0.3 is 5.32 Å². The van der Waals surface area contributed by atoms with E-state index in [2.05, 4.69) is 50.8 Å². The highest BCUT2D eigenvalue weighted by molar-refractivity contribution is 14.1. The van der Waals surface area contributed by atoms with Crippen LogP contribution < -0.4 is 5.32 Å². The monoisotopic (exact) mass is 481 g/mol. The minimum Gasteiger partial charge on any atom is -0.310 e. The summed E-state index contributed by atoms with van der Waals surface area (Å²) in [6.45, 7) is 2.89. The molecule has 0 fully saturated rings. The van der Waals surface area contributed by atoms with Crippen molar-refractivity contribution in [2.75, 3.05) is 6.54 Å². The summed E-state index contributed by atoms with van der Waals surface area (Å²) in [6, 6.07) is 10.7. The van der Waals surface area contributed by atoms with Gasteiger partial charge in [0.2, 0.25) is 0 Å². The topological polar surface area (TPSA) is 12.0 Å². The highest BCUT2D eigenvalue weighted by atomic mass is 127. The van der Waals surface area contributed by atoms with Gasteiger partial charge in [-0.3, -0.25) is 0 Å². The number of nitrogens with one attached hydrogen (secondary N) is 1. The van der Waals surface area contributed by atoms with Gasteiger partial charge in [0.15, 0.2) is 0 Å². The molecule has 1 unspecified atom stereocenters. The lowest BCUT2D eigenvalue weighted by atomic mass is 9.98. The minimum absolute atomic E-state index is 0.0960. The maximum atomic E-state index is 13.5. The van der Waals surface area contributed by atoms with E-state index in [1.54, 1.807) is 12.1 Å². The maximum Gasteiger partial charge on any atom is 0.123 e. The largest absolute Gasteiger partial charge is 0.310 e. The lowest BCUT2D eigenvalue weighted by molar-refractivity contribution is 0.544. The van der Waals surface area contributed by atoms with E-state index in [-0.39, 0.29) is 11.9 Å². The lowest BCUT2D eigenvalue weighted by Crippen LogP contribution is -2.24. The average Bonchev–Trinajstić information content (AvgIpc) is 2.45. The molecule has 2 rings (SSSR count). The minimum atomic E-state index is -0.218. The molecular formula is C16H15BrClFIN. The molecule has 1 nitrogen and oxygen atoms in total. The first-order valence-corrected chi connectivity index (χ1v) is 8.88. The summed E-state index contributed by atoms with van der Waals surface area (Å²) in [6.07, 6.45) is 0.697. The Morgan fingerprint density at radius 2 is 2.05 bits per heavy atom. The Balaban J connectivity index is 2.35. The van der Waals surface area contributed by atoms with Crippen LogP contribution in [0.1, 0.15) is 24.1 Å². The van der Waals surface area contributed by atoms with Crippen LogP contribution in [0, 0.1) is 9.39 Å².